The molecule has 0 spiro atoms. The van der Waals surface area contributed by atoms with Crippen LogP contribution in [0.25, 0.3) is 0 Å². The number of aryl methyl sites for hydroxylation is 1. The molecule has 2 rings (SSSR count). The predicted octanol–water partition coefficient (Wildman–Crippen LogP) is 2.76. The molecular formula is C18H22N2O3. The van der Waals surface area contributed by atoms with Gasteiger partial charge in [-0.1, -0.05) is 18.2 Å². The number of carbonyl (C=O) groups is 2. The molecule has 23 heavy (non-hydrogen) atoms. The number of amides is 2. The van der Waals surface area contributed by atoms with Crippen molar-refractivity contribution in [2.45, 2.75) is 26.3 Å². The van der Waals surface area contributed by atoms with Crippen molar-refractivity contribution in [3.63, 3.8) is 0 Å². The molecule has 122 valence electrons. The Kier molecular flexibility index (Phi) is 5.97. The summed E-state index contributed by atoms with van der Waals surface area (Å²) >= 11 is 0. The molecule has 2 amide bonds. The van der Waals surface area contributed by atoms with E-state index in [9.17, 15) is 9.59 Å². The van der Waals surface area contributed by atoms with Crippen LogP contribution < -0.4 is 5.32 Å². The Morgan fingerprint density at radius 1 is 1.13 bits per heavy atom. The van der Waals surface area contributed by atoms with E-state index in [1.807, 2.05) is 37.3 Å². The van der Waals surface area contributed by atoms with E-state index in [1.54, 1.807) is 24.1 Å². The molecule has 1 aromatic carbocycles. The van der Waals surface area contributed by atoms with Crippen molar-refractivity contribution in [3.8, 4) is 0 Å². The van der Waals surface area contributed by atoms with Gasteiger partial charge in [-0.05, 0) is 37.6 Å². The van der Waals surface area contributed by atoms with E-state index in [-0.39, 0.29) is 11.8 Å². The van der Waals surface area contributed by atoms with Crippen LogP contribution in [-0.4, -0.2) is 30.3 Å². The summed E-state index contributed by atoms with van der Waals surface area (Å²) in [7, 11) is 1.75. The molecule has 0 saturated heterocycles. The van der Waals surface area contributed by atoms with Crippen molar-refractivity contribution in [2.24, 2.45) is 0 Å². The van der Waals surface area contributed by atoms with Crippen LogP contribution in [0.4, 0.5) is 0 Å². The molecule has 0 aliphatic carbocycles. The minimum Gasteiger partial charge on any atom is -0.464 e. The van der Waals surface area contributed by atoms with Crippen molar-refractivity contribution in [1.82, 2.24) is 10.2 Å². The van der Waals surface area contributed by atoms with Gasteiger partial charge in [-0.2, -0.15) is 0 Å². The number of hydrogen-bond donors (Lipinski definition) is 1. The summed E-state index contributed by atoms with van der Waals surface area (Å²) in [5, 5.41) is 2.82. The van der Waals surface area contributed by atoms with Gasteiger partial charge in [0, 0.05) is 25.6 Å². The summed E-state index contributed by atoms with van der Waals surface area (Å²) in [6.07, 6.45) is 1.00. The van der Waals surface area contributed by atoms with E-state index in [0.717, 1.165) is 11.5 Å². The minimum atomic E-state index is -0.113. The van der Waals surface area contributed by atoms with E-state index in [4.69, 9.17) is 4.42 Å². The third-order valence-electron chi connectivity index (χ3n) is 3.50. The van der Waals surface area contributed by atoms with E-state index in [1.165, 1.54) is 0 Å². The quantitative estimate of drug-likeness (QED) is 0.799. The first-order chi connectivity index (χ1) is 11.1. The van der Waals surface area contributed by atoms with Crippen LogP contribution in [0, 0.1) is 6.92 Å². The molecule has 0 saturated carbocycles. The van der Waals surface area contributed by atoms with Crippen molar-refractivity contribution in [3.05, 3.63) is 59.5 Å². The van der Waals surface area contributed by atoms with Gasteiger partial charge in [0.05, 0.1) is 6.54 Å². The fraction of sp³-hybridized carbons (Fsp3) is 0.333. The number of hydrogen-bond acceptors (Lipinski definition) is 3. The van der Waals surface area contributed by atoms with Gasteiger partial charge in [-0.25, -0.2) is 0 Å². The molecule has 5 nitrogen and oxygen atoms in total. The van der Waals surface area contributed by atoms with Crippen molar-refractivity contribution in [1.29, 1.82) is 0 Å². The summed E-state index contributed by atoms with van der Waals surface area (Å²) in [4.78, 5) is 25.5. The van der Waals surface area contributed by atoms with E-state index >= 15 is 0 Å². The zero-order valence-corrected chi connectivity index (χ0v) is 13.5. The highest BCUT2D eigenvalue weighted by Gasteiger charge is 2.11. The standard InChI is InChI=1S/C18H22N2O3/c1-14-10-11-16(23-14)13-20(2)17(21)9-6-12-19-18(22)15-7-4-3-5-8-15/h3-5,7-8,10-11H,6,9,12-13H2,1-2H3,(H,19,22). The number of nitrogens with one attached hydrogen (secondary N) is 1. The lowest BCUT2D eigenvalue weighted by molar-refractivity contribution is -0.130. The van der Waals surface area contributed by atoms with Crippen LogP contribution in [0.1, 0.15) is 34.7 Å². The number of benzene rings is 1. The van der Waals surface area contributed by atoms with Crippen LogP contribution in [0.2, 0.25) is 0 Å². The largest absolute Gasteiger partial charge is 0.464 e. The first kappa shape index (κ1) is 16.8. The fourth-order valence-electron chi connectivity index (χ4n) is 2.22. The summed E-state index contributed by atoms with van der Waals surface area (Å²) in [5.41, 5.74) is 0.629. The molecule has 0 unspecified atom stereocenters. The number of furan rings is 1. The molecule has 2 aromatic rings. The first-order valence-electron chi connectivity index (χ1n) is 7.69. The predicted molar refractivity (Wildman–Crippen MR) is 87.9 cm³/mol. The second-order valence-electron chi connectivity index (χ2n) is 5.49. The Balaban J connectivity index is 1.67. The lowest BCUT2D eigenvalue weighted by Gasteiger charge is -2.15. The maximum atomic E-state index is 12.0. The smallest absolute Gasteiger partial charge is 0.251 e. The summed E-state index contributed by atoms with van der Waals surface area (Å²) in [6.45, 7) is 2.82. The lowest BCUT2D eigenvalue weighted by atomic mass is 10.2. The zero-order valence-electron chi connectivity index (χ0n) is 13.5. The third kappa shape index (κ3) is 5.29. The van der Waals surface area contributed by atoms with Gasteiger partial charge >= 0.3 is 0 Å². The van der Waals surface area contributed by atoms with Crippen LogP contribution >= 0.6 is 0 Å². The normalized spacial score (nSPS) is 10.3. The SMILES string of the molecule is Cc1ccc(CN(C)C(=O)CCCNC(=O)c2ccccc2)o1. The average molecular weight is 314 g/mol. The monoisotopic (exact) mass is 314 g/mol. The van der Waals surface area contributed by atoms with Crippen LogP contribution in [0.15, 0.2) is 46.9 Å². The molecule has 0 atom stereocenters. The van der Waals surface area contributed by atoms with Crippen LogP contribution in [0.5, 0.6) is 0 Å². The molecule has 0 aliphatic rings. The molecular weight excluding hydrogens is 292 g/mol. The second kappa shape index (κ2) is 8.17. The number of rotatable bonds is 7. The Morgan fingerprint density at radius 2 is 1.87 bits per heavy atom. The van der Waals surface area contributed by atoms with E-state index in [2.05, 4.69) is 5.32 Å². The first-order valence-corrected chi connectivity index (χ1v) is 7.69. The van der Waals surface area contributed by atoms with Gasteiger partial charge in [0.2, 0.25) is 5.91 Å². The van der Waals surface area contributed by atoms with E-state index in [0.29, 0.717) is 31.5 Å². The Hall–Kier alpha value is -2.56. The molecule has 1 heterocycles. The Labute approximate surface area is 136 Å². The Morgan fingerprint density at radius 3 is 2.52 bits per heavy atom. The van der Waals surface area contributed by atoms with Crippen molar-refractivity contribution >= 4 is 11.8 Å². The Bertz CT molecular complexity index is 649. The number of nitrogens with zero attached hydrogens (tertiary/aromatic N) is 1. The fourth-order valence-corrected chi connectivity index (χ4v) is 2.22. The van der Waals surface area contributed by atoms with Gasteiger partial charge in [0.1, 0.15) is 11.5 Å². The van der Waals surface area contributed by atoms with E-state index < -0.39 is 0 Å². The van der Waals surface area contributed by atoms with Gasteiger partial charge in [0.15, 0.2) is 0 Å². The molecule has 1 aromatic heterocycles. The maximum Gasteiger partial charge on any atom is 0.251 e. The highest BCUT2D eigenvalue weighted by molar-refractivity contribution is 5.94. The minimum absolute atomic E-state index is 0.0352. The molecule has 0 fully saturated rings. The van der Waals surface area contributed by atoms with Crippen LogP contribution in [0.3, 0.4) is 0 Å². The molecule has 0 aliphatic heterocycles. The maximum absolute atomic E-state index is 12.0. The lowest BCUT2D eigenvalue weighted by Crippen LogP contribution is -2.28. The molecule has 0 bridgehead atoms. The third-order valence-corrected chi connectivity index (χ3v) is 3.50. The summed E-state index contributed by atoms with van der Waals surface area (Å²) in [5.74, 6) is 1.53. The topological polar surface area (TPSA) is 62.6 Å². The number of carbonyl (C=O) groups excluding carboxylic acids is 2. The molecule has 1 N–H and O–H groups in total. The zero-order chi connectivity index (χ0) is 16.7. The van der Waals surface area contributed by atoms with Crippen LogP contribution in [-0.2, 0) is 11.3 Å². The highest BCUT2D eigenvalue weighted by atomic mass is 16.3. The van der Waals surface area contributed by atoms with Gasteiger partial charge in [-0.3, -0.25) is 9.59 Å². The van der Waals surface area contributed by atoms with Gasteiger partial charge in [0.25, 0.3) is 5.91 Å². The summed E-state index contributed by atoms with van der Waals surface area (Å²) in [6, 6.07) is 12.8. The van der Waals surface area contributed by atoms with Crippen molar-refractivity contribution < 1.29 is 14.0 Å². The van der Waals surface area contributed by atoms with Gasteiger partial charge < -0.3 is 14.6 Å². The average Bonchev–Trinajstić information content (AvgIpc) is 2.96. The molecule has 5 heteroatoms. The van der Waals surface area contributed by atoms with Crippen molar-refractivity contribution in [2.75, 3.05) is 13.6 Å². The highest BCUT2D eigenvalue weighted by Crippen LogP contribution is 2.09. The summed E-state index contributed by atoms with van der Waals surface area (Å²) < 4.78 is 5.46. The van der Waals surface area contributed by atoms with Gasteiger partial charge in [-0.15, -0.1) is 0 Å². The second-order valence-corrected chi connectivity index (χ2v) is 5.49. The molecule has 0 radical (unpaired) electrons.